The summed E-state index contributed by atoms with van der Waals surface area (Å²) in [7, 11) is 0. The Labute approximate surface area is 106 Å². The molecule has 8 heteroatoms. The van der Waals surface area contributed by atoms with Gasteiger partial charge in [-0.1, -0.05) is 0 Å². The molecule has 1 atom stereocenters. The molecule has 0 aliphatic carbocycles. The molecule has 0 aromatic heterocycles. The number of rotatable bonds is 4. The summed E-state index contributed by atoms with van der Waals surface area (Å²) in [4.78, 5) is 19.9. The van der Waals surface area contributed by atoms with Crippen LogP contribution in [0.4, 0.5) is 0 Å². The van der Waals surface area contributed by atoms with Crippen LogP contribution in [0.2, 0.25) is 0 Å². The molecule has 7 nitrogen and oxygen atoms in total. The number of hydrogen-bond donors (Lipinski definition) is 5. The number of carbonyl (C=O) groups is 2. The van der Waals surface area contributed by atoms with Crippen molar-refractivity contribution in [3.8, 4) is 0 Å². The fourth-order valence-corrected chi connectivity index (χ4v) is 0.450. The van der Waals surface area contributed by atoms with Crippen LogP contribution in [-0.2, 0) is 9.59 Å². The monoisotopic (exact) mass is 222 g/mol. The van der Waals surface area contributed by atoms with Crippen molar-refractivity contribution in [2.24, 2.45) is 0 Å². The molecule has 1 unspecified atom stereocenters. The third-order valence-corrected chi connectivity index (χ3v) is 1.15. The summed E-state index contributed by atoms with van der Waals surface area (Å²) >= 11 is 0. The van der Waals surface area contributed by atoms with Crippen molar-refractivity contribution in [1.82, 2.24) is 0 Å². The van der Waals surface area contributed by atoms with Gasteiger partial charge < -0.3 is 28.4 Å². The zero-order valence-corrected chi connectivity index (χ0v) is 8.75. The molecule has 74 valence electrons. The molecular weight excluding hydrogens is 212 g/mol. The molecule has 13 heavy (non-hydrogen) atoms. The van der Waals surface area contributed by atoms with Gasteiger partial charge in [0.15, 0.2) is 0 Å². The van der Waals surface area contributed by atoms with Crippen molar-refractivity contribution in [2.75, 3.05) is 0 Å². The summed E-state index contributed by atoms with van der Waals surface area (Å²) in [5.41, 5.74) is 0. The summed E-state index contributed by atoms with van der Waals surface area (Å²) in [5, 5.41) is 41.9. The van der Waals surface area contributed by atoms with Crippen LogP contribution in [0.15, 0.2) is 0 Å². The molecule has 0 aliphatic rings. The van der Waals surface area contributed by atoms with Gasteiger partial charge in [0.05, 0.1) is 6.42 Å². The van der Waals surface area contributed by atoms with Gasteiger partial charge in [-0.05, 0) is 0 Å². The van der Waals surface area contributed by atoms with E-state index in [1.807, 2.05) is 0 Å². The summed E-state index contributed by atoms with van der Waals surface area (Å²) in [6, 6.07) is 0. The van der Waals surface area contributed by atoms with Crippen LogP contribution in [0.1, 0.15) is 9.27 Å². The predicted molar refractivity (Wildman–Crippen MR) is 41.0 cm³/mol. The fraction of sp³-hybridized carbons (Fsp3) is 0.600. The average Bonchev–Trinajstić information content (AvgIpc) is 1.85. The van der Waals surface area contributed by atoms with Crippen LogP contribution < -0.4 is 0 Å². The van der Waals surface area contributed by atoms with Gasteiger partial charge in [-0.3, -0.25) is 4.79 Å². The van der Waals surface area contributed by atoms with Gasteiger partial charge in [-0.25, -0.2) is 4.79 Å². The topological polar surface area (TPSA) is 135 Å². The molecule has 0 amide bonds. The summed E-state index contributed by atoms with van der Waals surface area (Å²) in [6.07, 6.45) is -3.31. The van der Waals surface area contributed by atoms with E-state index in [0.29, 0.717) is 0 Å². The Morgan fingerprint density at radius 2 is 1.69 bits per heavy atom. The van der Waals surface area contributed by atoms with Crippen molar-refractivity contribution < 1.29 is 38.0 Å². The first-order valence-corrected chi connectivity index (χ1v) is 2.86. The van der Waals surface area contributed by atoms with E-state index in [1.165, 1.54) is 0 Å². The minimum Gasteiger partial charge on any atom is -1.00 e. The van der Waals surface area contributed by atoms with Crippen LogP contribution in [0, 0.1) is 0 Å². The van der Waals surface area contributed by atoms with Gasteiger partial charge in [0, 0.05) is 0 Å². The van der Waals surface area contributed by atoms with Crippen LogP contribution in [-0.4, -0.2) is 87.1 Å². The standard InChI is InChI=1S/C5H8O7.Ca.2H/c6-2(1-3(7)8)5(11,12)4(9)10;;;/h2,6,11-12H,1H2,(H,7,8)(H,9,10);;;/q;+2;2*-1. The normalized spacial score (nSPS) is 12.8. The van der Waals surface area contributed by atoms with E-state index in [2.05, 4.69) is 0 Å². The van der Waals surface area contributed by atoms with E-state index in [4.69, 9.17) is 25.5 Å². The molecule has 0 rings (SSSR count). The molecule has 5 N–H and O–H groups in total. The van der Waals surface area contributed by atoms with Gasteiger partial charge >= 0.3 is 49.7 Å². The van der Waals surface area contributed by atoms with Gasteiger partial charge in [-0.15, -0.1) is 0 Å². The van der Waals surface area contributed by atoms with Crippen LogP contribution in [0.25, 0.3) is 0 Å². The molecule has 0 spiro atoms. The summed E-state index contributed by atoms with van der Waals surface area (Å²) in [5.74, 6) is -7.05. The zero-order chi connectivity index (χ0) is 9.94. The maximum Gasteiger partial charge on any atom is 2.00 e. The number of carboxylic acids is 2. The Balaban J connectivity index is -0.000000202. The number of aliphatic hydroxyl groups is 3. The Hall–Kier alpha value is 0.0797. The molecule has 0 aromatic carbocycles. The second-order valence-electron chi connectivity index (χ2n) is 2.14. The largest absolute Gasteiger partial charge is 2.00 e. The van der Waals surface area contributed by atoms with E-state index in [0.717, 1.165) is 0 Å². The van der Waals surface area contributed by atoms with E-state index in [9.17, 15) is 9.59 Å². The second-order valence-corrected chi connectivity index (χ2v) is 2.14. The van der Waals surface area contributed by atoms with Crippen LogP contribution in [0.3, 0.4) is 0 Å². The number of carboxylic acid groups (broad SMARTS) is 2. The molecule has 0 aliphatic heterocycles. The quantitative estimate of drug-likeness (QED) is 0.260. The maximum atomic E-state index is 9.99. The summed E-state index contributed by atoms with van der Waals surface area (Å²) in [6.45, 7) is 0. The third kappa shape index (κ3) is 4.75. The molecule has 0 radical (unpaired) electrons. The van der Waals surface area contributed by atoms with Crippen molar-refractivity contribution in [1.29, 1.82) is 0 Å². The number of aliphatic carboxylic acids is 2. The van der Waals surface area contributed by atoms with Crippen molar-refractivity contribution in [3.05, 3.63) is 0 Å². The van der Waals surface area contributed by atoms with Crippen molar-refractivity contribution in [2.45, 2.75) is 18.3 Å². The van der Waals surface area contributed by atoms with Crippen LogP contribution in [0.5, 0.6) is 0 Å². The van der Waals surface area contributed by atoms with E-state index in [1.54, 1.807) is 0 Å². The molecule has 0 saturated carbocycles. The molecular formula is C5H10CaO7. The second kappa shape index (κ2) is 5.74. The Kier molecular flexibility index (Phi) is 6.86. The Morgan fingerprint density at radius 3 is 1.92 bits per heavy atom. The maximum absolute atomic E-state index is 9.99. The van der Waals surface area contributed by atoms with Crippen LogP contribution >= 0.6 is 0 Å². The van der Waals surface area contributed by atoms with Gasteiger partial charge in [0.1, 0.15) is 6.10 Å². The Morgan fingerprint density at radius 1 is 1.31 bits per heavy atom. The van der Waals surface area contributed by atoms with E-state index in [-0.39, 0.29) is 40.6 Å². The van der Waals surface area contributed by atoms with Gasteiger partial charge in [0.25, 0.3) is 5.79 Å². The van der Waals surface area contributed by atoms with Gasteiger partial charge in [-0.2, -0.15) is 0 Å². The van der Waals surface area contributed by atoms with Crippen molar-refractivity contribution >= 4 is 49.7 Å². The number of hydrogen-bond acceptors (Lipinski definition) is 5. The Bertz CT molecular complexity index is 210. The first kappa shape index (κ1) is 15.5. The zero-order valence-electron chi connectivity index (χ0n) is 8.54. The van der Waals surface area contributed by atoms with E-state index < -0.39 is 30.3 Å². The number of aliphatic hydroxyl groups excluding tert-OH is 1. The average molecular weight is 222 g/mol. The first-order valence-electron chi connectivity index (χ1n) is 2.86. The minimum atomic E-state index is -3.42. The molecule has 0 bridgehead atoms. The molecule has 0 aromatic rings. The van der Waals surface area contributed by atoms with E-state index >= 15 is 0 Å². The first-order chi connectivity index (χ1) is 5.28. The summed E-state index contributed by atoms with van der Waals surface area (Å²) < 4.78 is 0. The molecule has 0 fully saturated rings. The SMILES string of the molecule is O=C(O)CC(O)C(O)(O)C(=O)O.[Ca+2].[H-].[H-]. The predicted octanol–water partition coefficient (Wildman–Crippen LogP) is -2.57. The third-order valence-electron chi connectivity index (χ3n) is 1.15. The fourth-order valence-electron chi connectivity index (χ4n) is 0.450. The molecule has 0 saturated heterocycles. The molecule has 0 heterocycles. The minimum absolute atomic E-state index is 0. The van der Waals surface area contributed by atoms with Gasteiger partial charge in [0.2, 0.25) is 0 Å². The smallest absolute Gasteiger partial charge is 1.00 e. The van der Waals surface area contributed by atoms with Crippen molar-refractivity contribution in [3.63, 3.8) is 0 Å².